The van der Waals surface area contributed by atoms with Gasteiger partial charge in [0.2, 0.25) is 5.95 Å². The average Bonchev–Trinajstić information content (AvgIpc) is 3.86. The van der Waals surface area contributed by atoms with Crippen LogP contribution in [-0.2, 0) is 0 Å². The average molecular weight is 687 g/mol. The van der Waals surface area contributed by atoms with Crippen molar-refractivity contribution in [2.75, 3.05) is 0 Å². The molecule has 0 unspecified atom stereocenters. The first-order valence-electron chi connectivity index (χ1n) is 16.9. The van der Waals surface area contributed by atoms with E-state index in [1.807, 2.05) is 40.9 Å². The maximum atomic E-state index is 5.22. The van der Waals surface area contributed by atoms with Crippen LogP contribution in [0.25, 0.3) is 102 Å². The van der Waals surface area contributed by atoms with Crippen molar-refractivity contribution in [2.24, 2.45) is 0 Å². The summed E-state index contributed by atoms with van der Waals surface area (Å²) in [6.07, 6.45) is 0. The van der Waals surface area contributed by atoms with Gasteiger partial charge >= 0.3 is 0 Å². The fourth-order valence-corrected chi connectivity index (χ4v) is 9.85. The summed E-state index contributed by atoms with van der Waals surface area (Å²) in [5.41, 5.74) is 6.44. The van der Waals surface area contributed by atoms with Gasteiger partial charge in [0, 0.05) is 62.2 Å². The van der Waals surface area contributed by atoms with E-state index in [0.717, 1.165) is 22.2 Å². The number of para-hydroxylation sites is 1. The lowest BCUT2D eigenvalue weighted by atomic mass is 10.0. The van der Waals surface area contributed by atoms with Crippen LogP contribution in [0.5, 0.6) is 0 Å². The molecule has 0 saturated carbocycles. The predicted octanol–water partition coefficient (Wildman–Crippen LogP) is 12.7. The van der Waals surface area contributed by atoms with E-state index in [0.29, 0.717) is 17.6 Å². The molecular formula is C45H26N4S2. The van der Waals surface area contributed by atoms with Crippen molar-refractivity contribution in [3.63, 3.8) is 0 Å². The molecule has 0 saturated heterocycles. The Morgan fingerprint density at radius 2 is 0.980 bits per heavy atom. The highest BCUT2D eigenvalue weighted by atomic mass is 32.1. The third-order valence-corrected chi connectivity index (χ3v) is 12.2. The van der Waals surface area contributed by atoms with E-state index in [1.54, 1.807) is 0 Å². The van der Waals surface area contributed by atoms with Crippen LogP contribution in [0.3, 0.4) is 0 Å². The lowest BCUT2D eigenvalue weighted by molar-refractivity contribution is 0.954. The minimum absolute atomic E-state index is 0.602. The first-order valence-corrected chi connectivity index (χ1v) is 18.6. The Balaban J connectivity index is 1.11. The topological polar surface area (TPSA) is 43.6 Å². The summed E-state index contributed by atoms with van der Waals surface area (Å²) in [5, 5.41) is 7.53. The van der Waals surface area contributed by atoms with E-state index in [4.69, 9.17) is 15.0 Å². The van der Waals surface area contributed by atoms with Crippen molar-refractivity contribution in [3.05, 3.63) is 158 Å². The zero-order chi connectivity index (χ0) is 33.5. The van der Waals surface area contributed by atoms with E-state index in [9.17, 15) is 0 Å². The van der Waals surface area contributed by atoms with E-state index < -0.39 is 0 Å². The number of hydrogen-bond acceptors (Lipinski definition) is 5. The largest absolute Gasteiger partial charge is 0.278 e. The van der Waals surface area contributed by atoms with Crippen LogP contribution in [-0.4, -0.2) is 19.5 Å². The van der Waals surface area contributed by atoms with Crippen molar-refractivity contribution in [1.29, 1.82) is 0 Å². The molecule has 0 fully saturated rings. The van der Waals surface area contributed by atoms with Gasteiger partial charge in [0.05, 0.1) is 11.0 Å². The van der Waals surface area contributed by atoms with Gasteiger partial charge in [-0.25, -0.2) is 4.98 Å². The summed E-state index contributed by atoms with van der Waals surface area (Å²) in [7, 11) is 0. The van der Waals surface area contributed by atoms with Crippen LogP contribution in [0, 0.1) is 0 Å². The van der Waals surface area contributed by atoms with Crippen molar-refractivity contribution in [3.8, 4) is 39.9 Å². The summed E-state index contributed by atoms with van der Waals surface area (Å²) in [5.74, 6) is 1.88. The number of rotatable bonds is 4. The van der Waals surface area contributed by atoms with Crippen LogP contribution in [0.2, 0.25) is 0 Å². The second-order valence-corrected chi connectivity index (χ2v) is 15.0. The molecule has 0 aliphatic heterocycles. The van der Waals surface area contributed by atoms with Gasteiger partial charge in [0.15, 0.2) is 11.6 Å². The third-order valence-electron chi connectivity index (χ3n) is 9.89. The highest BCUT2D eigenvalue weighted by Gasteiger charge is 2.20. The van der Waals surface area contributed by atoms with E-state index in [2.05, 4.69) is 144 Å². The first-order chi connectivity index (χ1) is 25.3. The van der Waals surface area contributed by atoms with Gasteiger partial charge in [0.1, 0.15) is 0 Å². The Morgan fingerprint density at radius 1 is 0.373 bits per heavy atom. The Kier molecular flexibility index (Phi) is 6.26. The summed E-state index contributed by atoms with van der Waals surface area (Å²) in [4.78, 5) is 15.5. The van der Waals surface area contributed by atoms with Gasteiger partial charge < -0.3 is 0 Å². The smallest absolute Gasteiger partial charge is 0.238 e. The molecule has 0 N–H and O–H groups in total. The Bertz CT molecular complexity index is 3140. The minimum atomic E-state index is 0.602. The van der Waals surface area contributed by atoms with Crippen molar-refractivity contribution < 1.29 is 0 Å². The quantitative estimate of drug-likeness (QED) is 0.185. The zero-order valence-corrected chi connectivity index (χ0v) is 28.7. The minimum Gasteiger partial charge on any atom is -0.278 e. The van der Waals surface area contributed by atoms with Gasteiger partial charge in [0.25, 0.3) is 0 Å². The number of nitrogens with zero attached hydrogens (tertiary/aromatic N) is 4. The summed E-state index contributed by atoms with van der Waals surface area (Å²) in [6, 6.07) is 56.0. The number of aromatic nitrogens is 4. The molecule has 0 amide bonds. The molecule has 0 bridgehead atoms. The molecule has 11 aromatic rings. The normalized spacial score (nSPS) is 11.9. The lowest BCUT2D eigenvalue weighted by Gasteiger charge is -2.11. The van der Waals surface area contributed by atoms with Gasteiger partial charge in [-0.15, -0.1) is 22.7 Å². The molecule has 11 rings (SSSR count). The molecule has 0 atom stereocenters. The van der Waals surface area contributed by atoms with E-state index >= 15 is 0 Å². The van der Waals surface area contributed by atoms with Crippen LogP contribution in [0.1, 0.15) is 0 Å². The highest BCUT2D eigenvalue weighted by Crippen LogP contribution is 2.42. The Morgan fingerprint density at radius 3 is 1.76 bits per heavy atom. The van der Waals surface area contributed by atoms with E-state index in [-0.39, 0.29) is 0 Å². The first kappa shape index (κ1) is 28.6. The van der Waals surface area contributed by atoms with Crippen molar-refractivity contribution in [2.45, 2.75) is 0 Å². The van der Waals surface area contributed by atoms with Crippen LogP contribution in [0.4, 0.5) is 0 Å². The van der Waals surface area contributed by atoms with Crippen molar-refractivity contribution >= 4 is 84.8 Å². The van der Waals surface area contributed by atoms with Gasteiger partial charge in [-0.1, -0.05) is 127 Å². The molecule has 0 aliphatic carbocycles. The predicted molar refractivity (Wildman–Crippen MR) is 216 cm³/mol. The SMILES string of the molecule is c1ccc(-c2nc(-c3ccc(-c4cccc5c4sc4ccccc45)cc3)nc(-n3c4ccccc4c4cc5c(cc43)sc3ccccc35)n2)cc1. The maximum Gasteiger partial charge on any atom is 0.238 e. The van der Waals surface area contributed by atoms with Crippen LogP contribution in [0.15, 0.2) is 158 Å². The van der Waals surface area contributed by atoms with Crippen LogP contribution < -0.4 is 0 Å². The number of hydrogen-bond donors (Lipinski definition) is 0. The molecule has 7 aromatic carbocycles. The molecule has 4 heterocycles. The van der Waals surface area contributed by atoms with Gasteiger partial charge in [-0.3, -0.25) is 4.57 Å². The molecule has 4 aromatic heterocycles. The number of benzene rings is 7. The summed E-state index contributed by atoms with van der Waals surface area (Å²) in [6.45, 7) is 0. The Hall–Kier alpha value is -6.21. The summed E-state index contributed by atoms with van der Waals surface area (Å²) >= 11 is 3.68. The lowest BCUT2D eigenvalue weighted by Crippen LogP contribution is -2.06. The Labute approximate surface area is 300 Å². The molecule has 0 radical (unpaired) electrons. The number of fused-ring (bicyclic) bond motifs is 9. The monoisotopic (exact) mass is 686 g/mol. The molecule has 0 spiro atoms. The number of thiophene rings is 2. The molecular weight excluding hydrogens is 661 g/mol. The second kappa shape index (κ2) is 11.2. The molecule has 238 valence electrons. The van der Waals surface area contributed by atoms with Crippen LogP contribution >= 0.6 is 22.7 Å². The third kappa shape index (κ3) is 4.47. The maximum absolute atomic E-state index is 5.22. The molecule has 0 aliphatic rings. The standard InChI is InChI=1S/C45H26N4S2/c1-2-11-28(12-3-1)43-46-44(29-23-21-27(22-24-29)30-16-10-17-34-32-14-5-9-20-40(32)51-42(30)34)48-45(47-43)49-37-18-7-4-13-31(37)35-25-36-33-15-6-8-19-39(33)50-41(36)26-38(35)49/h1-26H. The zero-order valence-electron chi connectivity index (χ0n) is 27.1. The summed E-state index contributed by atoms with van der Waals surface area (Å²) < 4.78 is 7.36. The van der Waals surface area contributed by atoms with E-state index in [1.165, 1.54) is 62.2 Å². The fraction of sp³-hybridized carbons (Fsp3) is 0. The van der Waals surface area contributed by atoms with Crippen molar-refractivity contribution in [1.82, 2.24) is 19.5 Å². The van der Waals surface area contributed by atoms with Gasteiger partial charge in [-0.05, 0) is 41.5 Å². The fourth-order valence-electron chi connectivity index (χ4n) is 7.49. The second-order valence-electron chi connectivity index (χ2n) is 12.8. The molecule has 6 heteroatoms. The molecule has 4 nitrogen and oxygen atoms in total. The highest BCUT2D eigenvalue weighted by molar-refractivity contribution is 7.26. The molecule has 51 heavy (non-hydrogen) atoms. The van der Waals surface area contributed by atoms with Gasteiger partial charge in [-0.2, -0.15) is 9.97 Å².